The van der Waals surface area contributed by atoms with Crippen molar-refractivity contribution in [1.29, 1.82) is 0 Å². The van der Waals surface area contributed by atoms with Gasteiger partial charge in [-0.1, -0.05) is 69.6 Å². The Labute approximate surface area is 153 Å². The van der Waals surface area contributed by atoms with Crippen molar-refractivity contribution in [2.45, 2.75) is 18.2 Å². The van der Waals surface area contributed by atoms with Crippen LogP contribution in [0.4, 0.5) is 0 Å². The van der Waals surface area contributed by atoms with E-state index in [2.05, 4.69) is 0 Å². The van der Waals surface area contributed by atoms with Gasteiger partial charge in [-0.15, -0.1) is 0 Å². The fraction of sp³-hybridized carbons (Fsp3) is 0.200. The minimum Gasteiger partial charge on any atom is -0.0909 e. The maximum Gasteiger partial charge on any atom is 0.168 e. The standard InChI is InChI=1S/C15H10Cl6/c1-7-3-11(16)13(18)5-9(7)15(20,21)10-6-14(19)12(17)4-8(10)2/h3-6H,1-2H3. The van der Waals surface area contributed by atoms with Crippen molar-refractivity contribution < 1.29 is 0 Å². The first-order chi connectivity index (χ1) is 9.64. The molecule has 0 aliphatic carbocycles. The number of aryl methyl sites for hydroxylation is 2. The van der Waals surface area contributed by atoms with Crippen LogP contribution in [-0.4, -0.2) is 0 Å². The van der Waals surface area contributed by atoms with E-state index in [1.807, 2.05) is 13.8 Å². The van der Waals surface area contributed by atoms with Crippen molar-refractivity contribution in [2.24, 2.45) is 0 Å². The molecule has 2 aromatic rings. The van der Waals surface area contributed by atoms with Crippen LogP contribution in [0.5, 0.6) is 0 Å². The van der Waals surface area contributed by atoms with Gasteiger partial charge in [-0.2, -0.15) is 0 Å². The van der Waals surface area contributed by atoms with Gasteiger partial charge in [0.05, 0.1) is 20.1 Å². The molecule has 0 saturated heterocycles. The number of hydrogen-bond donors (Lipinski definition) is 0. The molecule has 0 unspecified atom stereocenters. The van der Waals surface area contributed by atoms with Gasteiger partial charge in [0, 0.05) is 0 Å². The van der Waals surface area contributed by atoms with Crippen molar-refractivity contribution in [1.82, 2.24) is 0 Å². The quantitative estimate of drug-likeness (QED) is 0.453. The molecule has 0 radical (unpaired) electrons. The minimum absolute atomic E-state index is 0.389. The first kappa shape index (κ1) is 17.5. The summed E-state index contributed by atoms with van der Waals surface area (Å²) in [5.74, 6) is 0. The summed E-state index contributed by atoms with van der Waals surface area (Å²) < 4.78 is -1.31. The second kappa shape index (κ2) is 6.35. The molecule has 0 amide bonds. The third-order valence-electron chi connectivity index (χ3n) is 3.21. The molecule has 112 valence electrons. The monoisotopic (exact) mass is 400 g/mol. The molecule has 0 aliphatic rings. The van der Waals surface area contributed by atoms with Gasteiger partial charge in [-0.25, -0.2) is 0 Å². The van der Waals surface area contributed by atoms with Crippen LogP contribution in [0.15, 0.2) is 24.3 Å². The lowest BCUT2D eigenvalue weighted by atomic mass is 9.96. The highest BCUT2D eigenvalue weighted by molar-refractivity contribution is 6.51. The number of alkyl halides is 2. The average Bonchev–Trinajstić information content (AvgIpc) is 2.37. The Hall–Kier alpha value is 0.180. The zero-order chi connectivity index (χ0) is 15.9. The van der Waals surface area contributed by atoms with Crippen LogP contribution in [-0.2, 0) is 4.33 Å². The lowest BCUT2D eigenvalue weighted by molar-refractivity contribution is 1.000. The van der Waals surface area contributed by atoms with Crippen LogP contribution in [0.1, 0.15) is 22.3 Å². The molecule has 2 rings (SSSR count). The highest BCUT2D eigenvalue weighted by Crippen LogP contribution is 2.46. The number of benzene rings is 2. The Kier molecular flexibility index (Phi) is 5.31. The molecule has 2 aromatic carbocycles. The van der Waals surface area contributed by atoms with Crippen molar-refractivity contribution in [3.8, 4) is 0 Å². The molecule has 21 heavy (non-hydrogen) atoms. The van der Waals surface area contributed by atoms with E-state index >= 15 is 0 Å². The number of halogens is 6. The summed E-state index contributed by atoms with van der Waals surface area (Å²) in [7, 11) is 0. The van der Waals surface area contributed by atoms with Crippen LogP contribution < -0.4 is 0 Å². The molecule has 0 saturated carbocycles. The van der Waals surface area contributed by atoms with E-state index in [9.17, 15) is 0 Å². The first-order valence-corrected chi connectivity index (χ1v) is 8.21. The van der Waals surface area contributed by atoms with E-state index in [1.54, 1.807) is 24.3 Å². The number of hydrogen-bond acceptors (Lipinski definition) is 0. The van der Waals surface area contributed by atoms with Gasteiger partial charge in [0.2, 0.25) is 0 Å². The van der Waals surface area contributed by atoms with Crippen LogP contribution in [0, 0.1) is 13.8 Å². The topological polar surface area (TPSA) is 0 Å². The molecule has 6 heteroatoms. The third-order valence-corrected chi connectivity index (χ3v) is 5.47. The Balaban J connectivity index is 2.67. The summed E-state index contributed by atoms with van der Waals surface area (Å²) in [4.78, 5) is 0. The van der Waals surface area contributed by atoms with Crippen molar-refractivity contribution in [2.75, 3.05) is 0 Å². The Morgan fingerprint density at radius 2 is 0.905 bits per heavy atom. The molecule has 0 spiro atoms. The van der Waals surface area contributed by atoms with Crippen molar-refractivity contribution in [3.05, 3.63) is 66.6 Å². The lowest BCUT2D eigenvalue weighted by Crippen LogP contribution is -2.16. The second-order valence-electron chi connectivity index (χ2n) is 4.74. The summed E-state index contributed by atoms with van der Waals surface area (Å²) in [6, 6.07) is 6.79. The van der Waals surface area contributed by atoms with Crippen LogP contribution in [0.3, 0.4) is 0 Å². The summed E-state index contributed by atoms with van der Waals surface area (Å²) >= 11 is 37.4. The van der Waals surface area contributed by atoms with Gasteiger partial charge in [0.1, 0.15) is 0 Å². The molecule has 0 aliphatic heterocycles. The van der Waals surface area contributed by atoms with Gasteiger partial charge in [-0.05, 0) is 60.4 Å². The third kappa shape index (κ3) is 3.42. The van der Waals surface area contributed by atoms with Crippen molar-refractivity contribution in [3.63, 3.8) is 0 Å². The predicted octanol–water partition coefficient (Wildman–Crippen LogP) is 7.60. The predicted molar refractivity (Wildman–Crippen MR) is 94.9 cm³/mol. The van der Waals surface area contributed by atoms with E-state index in [0.717, 1.165) is 11.1 Å². The maximum atomic E-state index is 6.61. The molecule has 0 nitrogen and oxygen atoms in total. The van der Waals surface area contributed by atoms with E-state index in [4.69, 9.17) is 69.6 Å². The first-order valence-electron chi connectivity index (χ1n) is 5.94. The highest BCUT2D eigenvalue weighted by Gasteiger charge is 2.33. The normalized spacial score (nSPS) is 11.8. The Morgan fingerprint density at radius 1 is 0.619 bits per heavy atom. The van der Waals surface area contributed by atoms with Gasteiger partial charge in [-0.3, -0.25) is 0 Å². The smallest absolute Gasteiger partial charge is 0.0909 e. The highest BCUT2D eigenvalue weighted by atomic mass is 35.5. The summed E-state index contributed by atoms with van der Waals surface area (Å²) in [5.41, 5.74) is 2.98. The molecule has 0 fully saturated rings. The fourth-order valence-corrected chi connectivity index (χ4v) is 3.69. The molecular formula is C15H10Cl6. The fourth-order valence-electron chi connectivity index (χ4n) is 2.11. The molecule has 0 aromatic heterocycles. The van der Waals surface area contributed by atoms with E-state index in [0.29, 0.717) is 31.2 Å². The zero-order valence-corrected chi connectivity index (χ0v) is 15.6. The molecule has 0 atom stereocenters. The van der Waals surface area contributed by atoms with E-state index in [-0.39, 0.29) is 0 Å². The Morgan fingerprint density at radius 3 is 1.24 bits per heavy atom. The van der Waals surface area contributed by atoms with Gasteiger partial charge in [0.15, 0.2) is 4.33 Å². The summed E-state index contributed by atoms with van der Waals surface area (Å²) in [5, 5.41) is 1.68. The van der Waals surface area contributed by atoms with Crippen LogP contribution in [0.25, 0.3) is 0 Å². The van der Waals surface area contributed by atoms with E-state index < -0.39 is 4.33 Å². The summed E-state index contributed by atoms with van der Waals surface area (Å²) in [6.45, 7) is 3.73. The van der Waals surface area contributed by atoms with Gasteiger partial charge in [0.25, 0.3) is 0 Å². The van der Waals surface area contributed by atoms with Crippen LogP contribution >= 0.6 is 69.6 Å². The molecule has 0 heterocycles. The second-order valence-corrected chi connectivity index (χ2v) is 7.69. The number of rotatable bonds is 2. The largest absolute Gasteiger partial charge is 0.168 e. The van der Waals surface area contributed by atoms with Crippen molar-refractivity contribution >= 4 is 69.6 Å². The molecule has 0 bridgehead atoms. The van der Waals surface area contributed by atoms with Crippen LogP contribution in [0.2, 0.25) is 20.1 Å². The maximum absolute atomic E-state index is 6.61. The average molecular weight is 403 g/mol. The minimum atomic E-state index is -1.31. The summed E-state index contributed by atoms with van der Waals surface area (Å²) in [6.07, 6.45) is 0. The lowest BCUT2D eigenvalue weighted by Gasteiger charge is -2.25. The Bertz CT molecular complexity index is 646. The van der Waals surface area contributed by atoms with E-state index in [1.165, 1.54) is 0 Å². The van der Waals surface area contributed by atoms with Gasteiger partial charge >= 0.3 is 0 Å². The molecular weight excluding hydrogens is 393 g/mol. The SMILES string of the molecule is Cc1cc(Cl)c(Cl)cc1C(Cl)(Cl)c1cc(Cl)c(Cl)cc1C. The van der Waals surface area contributed by atoms with Gasteiger partial charge < -0.3 is 0 Å². The zero-order valence-electron chi connectivity index (χ0n) is 11.1. The molecule has 0 N–H and O–H groups in total.